The van der Waals surface area contributed by atoms with Gasteiger partial charge in [0.15, 0.2) is 23.1 Å². The van der Waals surface area contributed by atoms with Gasteiger partial charge in [-0.25, -0.2) is 8.78 Å². The zero-order chi connectivity index (χ0) is 31.5. The van der Waals surface area contributed by atoms with E-state index in [0.29, 0.717) is 47.4 Å². The molecule has 0 saturated heterocycles. The summed E-state index contributed by atoms with van der Waals surface area (Å²) in [6, 6.07) is 7.56. The molecule has 0 spiro atoms. The number of aryl methyl sites for hydroxylation is 2. The summed E-state index contributed by atoms with van der Waals surface area (Å²) in [4.78, 5) is 0. The third kappa shape index (κ3) is 5.33. The van der Waals surface area contributed by atoms with E-state index in [1.54, 1.807) is 12.1 Å². The fourth-order valence-electron chi connectivity index (χ4n) is 11.9. The van der Waals surface area contributed by atoms with E-state index in [2.05, 4.69) is 20.8 Å². The molecule has 8 rings (SSSR count). The SMILES string of the molecule is CCOc1cc2c(cc1F)CCC1C2CCC2(C)C(C)CCC12.CCOc1cc2c(cc1F)CCC1C2CCC2(C)CCCC12. The molecule has 2 aromatic rings. The van der Waals surface area contributed by atoms with E-state index < -0.39 is 0 Å². The van der Waals surface area contributed by atoms with E-state index in [1.165, 1.54) is 92.9 Å². The summed E-state index contributed by atoms with van der Waals surface area (Å²) < 4.78 is 39.4. The van der Waals surface area contributed by atoms with Gasteiger partial charge in [0.2, 0.25) is 0 Å². The standard InChI is InChI=1S/C21H29FO.C20H27FO/c1-4-23-20-12-17-14(11-19(20)22)6-7-16-15(17)9-10-21(3)13(2)5-8-18(16)21;1-3-22-19-12-16-13(11-18(19)21)6-7-15-14(16)8-10-20(2)9-4-5-17(15)20/h11-13,15-16,18H,4-10H2,1-3H3;11-12,14-15,17H,3-10H2,1-2H3. The van der Waals surface area contributed by atoms with E-state index in [1.807, 2.05) is 26.0 Å². The number of fused-ring (bicyclic) bond motifs is 10. The molecule has 0 aliphatic heterocycles. The second-order valence-corrected chi connectivity index (χ2v) is 16.3. The van der Waals surface area contributed by atoms with Gasteiger partial charge in [-0.05, 0) is 190 Å². The molecule has 0 aromatic heterocycles. The second-order valence-electron chi connectivity index (χ2n) is 16.3. The average molecular weight is 619 g/mol. The van der Waals surface area contributed by atoms with Gasteiger partial charge in [0, 0.05) is 0 Å². The van der Waals surface area contributed by atoms with Gasteiger partial charge in [0.1, 0.15) is 0 Å². The molecule has 2 aromatic carbocycles. The average Bonchev–Trinajstić information content (AvgIpc) is 3.57. The highest BCUT2D eigenvalue weighted by Crippen LogP contribution is 2.63. The predicted octanol–water partition coefficient (Wildman–Crippen LogP) is 11.2. The molecule has 4 fully saturated rings. The van der Waals surface area contributed by atoms with Crippen molar-refractivity contribution in [1.82, 2.24) is 0 Å². The predicted molar refractivity (Wildman–Crippen MR) is 178 cm³/mol. The van der Waals surface area contributed by atoms with Crippen LogP contribution in [-0.4, -0.2) is 13.2 Å². The molecule has 0 bridgehead atoms. The molecule has 2 nitrogen and oxygen atoms in total. The Morgan fingerprint density at radius 1 is 0.667 bits per heavy atom. The first kappa shape index (κ1) is 31.5. The third-order valence-corrected chi connectivity index (χ3v) is 14.4. The van der Waals surface area contributed by atoms with Crippen molar-refractivity contribution in [2.75, 3.05) is 13.2 Å². The molecule has 6 aliphatic rings. The molecule has 9 unspecified atom stereocenters. The molecule has 0 radical (unpaired) electrons. The van der Waals surface area contributed by atoms with Crippen LogP contribution in [0.15, 0.2) is 24.3 Å². The van der Waals surface area contributed by atoms with Crippen LogP contribution in [0.2, 0.25) is 0 Å². The Balaban J connectivity index is 0.000000145. The topological polar surface area (TPSA) is 18.5 Å². The van der Waals surface area contributed by atoms with Crippen molar-refractivity contribution in [3.05, 3.63) is 58.2 Å². The lowest BCUT2D eigenvalue weighted by atomic mass is 9.54. The molecular formula is C41H56F2O2. The molecule has 4 saturated carbocycles. The van der Waals surface area contributed by atoms with E-state index in [-0.39, 0.29) is 11.6 Å². The van der Waals surface area contributed by atoms with Crippen molar-refractivity contribution in [3.8, 4) is 11.5 Å². The second kappa shape index (κ2) is 12.2. The number of rotatable bonds is 4. The molecule has 0 amide bonds. The van der Waals surface area contributed by atoms with Gasteiger partial charge in [-0.3, -0.25) is 0 Å². The summed E-state index contributed by atoms with van der Waals surface area (Å²) in [5.41, 5.74) is 6.40. The van der Waals surface area contributed by atoms with Crippen LogP contribution in [-0.2, 0) is 12.8 Å². The molecule has 0 heterocycles. The number of benzene rings is 2. The lowest BCUT2D eigenvalue weighted by molar-refractivity contribution is 0.0335. The summed E-state index contributed by atoms with van der Waals surface area (Å²) in [6.07, 6.45) is 16.8. The number of hydrogen-bond acceptors (Lipinski definition) is 2. The maximum atomic E-state index is 14.2. The Kier molecular flexibility index (Phi) is 8.52. The summed E-state index contributed by atoms with van der Waals surface area (Å²) in [5.74, 6) is 6.05. The van der Waals surface area contributed by atoms with Crippen LogP contribution >= 0.6 is 0 Å². The van der Waals surface area contributed by atoms with Crippen LogP contribution < -0.4 is 9.47 Å². The highest BCUT2D eigenvalue weighted by molar-refractivity contribution is 5.43. The molecular weight excluding hydrogens is 562 g/mol. The largest absolute Gasteiger partial charge is 0.491 e. The van der Waals surface area contributed by atoms with Gasteiger partial charge in [0.05, 0.1) is 13.2 Å². The summed E-state index contributed by atoms with van der Waals surface area (Å²) in [5, 5.41) is 0. The minimum Gasteiger partial charge on any atom is -0.491 e. The van der Waals surface area contributed by atoms with E-state index >= 15 is 0 Å². The number of ether oxygens (including phenoxy) is 2. The zero-order valence-electron chi connectivity index (χ0n) is 28.5. The number of halogens is 2. The van der Waals surface area contributed by atoms with Crippen LogP contribution in [0.5, 0.6) is 11.5 Å². The molecule has 246 valence electrons. The maximum absolute atomic E-state index is 14.2. The lowest BCUT2D eigenvalue weighted by Gasteiger charge is -2.50. The molecule has 45 heavy (non-hydrogen) atoms. The Labute approximate surface area is 271 Å². The lowest BCUT2D eigenvalue weighted by Crippen LogP contribution is -2.41. The van der Waals surface area contributed by atoms with Gasteiger partial charge < -0.3 is 9.47 Å². The van der Waals surface area contributed by atoms with E-state index in [9.17, 15) is 8.78 Å². The Morgan fingerprint density at radius 2 is 1.22 bits per heavy atom. The fraction of sp³-hybridized carbons (Fsp3) is 0.707. The van der Waals surface area contributed by atoms with Gasteiger partial charge >= 0.3 is 0 Å². The van der Waals surface area contributed by atoms with Crippen molar-refractivity contribution >= 4 is 0 Å². The van der Waals surface area contributed by atoms with Crippen LogP contribution in [0, 0.1) is 52.1 Å². The fourth-order valence-corrected chi connectivity index (χ4v) is 11.9. The Bertz CT molecular complexity index is 1400. The van der Waals surface area contributed by atoms with Crippen molar-refractivity contribution in [2.45, 2.75) is 130 Å². The zero-order valence-corrected chi connectivity index (χ0v) is 28.5. The van der Waals surface area contributed by atoms with Crippen LogP contribution in [0.3, 0.4) is 0 Å². The highest BCUT2D eigenvalue weighted by Gasteiger charge is 2.53. The van der Waals surface area contributed by atoms with Crippen molar-refractivity contribution in [3.63, 3.8) is 0 Å². The van der Waals surface area contributed by atoms with Crippen LogP contribution in [0.1, 0.15) is 139 Å². The molecule has 4 heteroatoms. The molecule has 6 aliphatic carbocycles. The van der Waals surface area contributed by atoms with E-state index in [0.717, 1.165) is 42.4 Å². The van der Waals surface area contributed by atoms with E-state index in [4.69, 9.17) is 9.47 Å². The van der Waals surface area contributed by atoms with Crippen molar-refractivity contribution in [2.24, 2.45) is 40.4 Å². The van der Waals surface area contributed by atoms with Crippen LogP contribution in [0.25, 0.3) is 0 Å². The van der Waals surface area contributed by atoms with Crippen LogP contribution in [0.4, 0.5) is 8.78 Å². The smallest absolute Gasteiger partial charge is 0.165 e. The maximum Gasteiger partial charge on any atom is 0.165 e. The summed E-state index contributed by atoms with van der Waals surface area (Å²) in [7, 11) is 0. The summed E-state index contributed by atoms with van der Waals surface area (Å²) >= 11 is 0. The van der Waals surface area contributed by atoms with Gasteiger partial charge in [-0.15, -0.1) is 0 Å². The van der Waals surface area contributed by atoms with Gasteiger partial charge in [-0.2, -0.15) is 0 Å². The first-order valence-corrected chi connectivity index (χ1v) is 18.6. The summed E-state index contributed by atoms with van der Waals surface area (Å²) in [6.45, 7) is 12.4. The monoisotopic (exact) mass is 618 g/mol. The Hall–Kier alpha value is -2.10. The molecule has 9 atom stereocenters. The first-order valence-electron chi connectivity index (χ1n) is 18.6. The minimum atomic E-state index is -0.181. The third-order valence-electron chi connectivity index (χ3n) is 14.4. The van der Waals surface area contributed by atoms with Gasteiger partial charge in [0.25, 0.3) is 0 Å². The van der Waals surface area contributed by atoms with Gasteiger partial charge in [-0.1, -0.05) is 27.2 Å². The Morgan fingerprint density at radius 3 is 1.80 bits per heavy atom. The highest BCUT2D eigenvalue weighted by atomic mass is 19.1. The normalized spacial score (nSPS) is 37.5. The number of hydrogen-bond donors (Lipinski definition) is 0. The quantitative estimate of drug-likeness (QED) is 0.339. The minimum absolute atomic E-state index is 0.180. The van der Waals surface area contributed by atoms with Crippen molar-refractivity contribution < 1.29 is 18.3 Å². The van der Waals surface area contributed by atoms with Crippen molar-refractivity contribution in [1.29, 1.82) is 0 Å². The first-order chi connectivity index (χ1) is 21.7. The molecule has 0 N–H and O–H groups in total.